The average molecular weight is 286 g/mol. The second-order valence-corrected chi connectivity index (χ2v) is 4.59. The van der Waals surface area contributed by atoms with Crippen molar-refractivity contribution in [2.75, 3.05) is 5.32 Å². The van der Waals surface area contributed by atoms with E-state index in [0.29, 0.717) is 11.0 Å². The lowest BCUT2D eigenvalue weighted by atomic mass is 10.2. The predicted octanol–water partition coefficient (Wildman–Crippen LogP) is 3.72. The number of carboxylic acids is 1. The summed E-state index contributed by atoms with van der Waals surface area (Å²) in [5.41, 5.74) is 1.51. The van der Waals surface area contributed by atoms with Crippen LogP contribution >= 0.6 is 0 Å². The minimum Gasteiger partial charge on any atom is -0.475 e. The molecule has 0 amide bonds. The van der Waals surface area contributed by atoms with Crippen LogP contribution in [-0.2, 0) is 0 Å². The number of aromatic nitrogens is 1. The number of halogens is 1. The van der Waals surface area contributed by atoms with Crippen LogP contribution < -0.4 is 5.32 Å². The Balaban J connectivity index is 2.14. The highest BCUT2D eigenvalue weighted by molar-refractivity contribution is 6.04. The average Bonchev–Trinajstić information content (AvgIpc) is 2.81. The summed E-state index contributed by atoms with van der Waals surface area (Å²) in [4.78, 5) is 15.2. The van der Waals surface area contributed by atoms with Crippen molar-refractivity contribution < 1.29 is 18.7 Å². The van der Waals surface area contributed by atoms with E-state index in [9.17, 15) is 14.3 Å². The molecule has 106 valence electrons. The summed E-state index contributed by atoms with van der Waals surface area (Å²) < 4.78 is 19.2. The maximum atomic E-state index is 13.9. The Morgan fingerprint density at radius 3 is 2.90 bits per heavy atom. The van der Waals surface area contributed by atoms with Gasteiger partial charge in [-0.15, -0.1) is 0 Å². The highest BCUT2D eigenvalue weighted by Crippen LogP contribution is 2.33. The number of aryl methyl sites for hydroxylation is 1. The number of nitrogens with zero attached hydrogens (tertiary/aromatic N) is 1. The molecule has 0 saturated heterocycles. The minimum atomic E-state index is -1.23. The fourth-order valence-corrected chi connectivity index (χ4v) is 2.07. The summed E-state index contributed by atoms with van der Waals surface area (Å²) in [6.45, 7) is 1.77. The molecule has 2 aromatic heterocycles. The van der Waals surface area contributed by atoms with Crippen LogP contribution in [-0.4, -0.2) is 16.1 Å². The molecular weight excluding hydrogens is 275 g/mol. The molecule has 0 atom stereocenters. The van der Waals surface area contributed by atoms with Crippen molar-refractivity contribution >= 4 is 28.3 Å². The molecule has 0 bridgehead atoms. The standard InChI is InChI=1S/C15H11FN2O3/c1-8-2-3-11(10(16)6-8)18-13-9-7-17-5-4-12(9)21-14(13)15(19)20/h2-7,18H,1H3,(H,19,20). The van der Waals surface area contributed by atoms with Gasteiger partial charge in [-0.2, -0.15) is 0 Å². The molecule has 0 spiro atoms. The van der Waals surface area contributed by atoms with Crippen molar-refractivity contribution in [1.82, 2.24) is 4.98 Å². The molecule has 0 aliphatic carbocycles. The van der Waals surface area contributed by atoms with Crippen molar-refractivity contribution in [2.24, 2.45) is 0 Å². The summed E-state index contributed by atoms with van der Waals surface area (Å²) in [7, 11) is 0. The second-order valence-electron chi connectivity index (χ2n) is 4.59. The van der Waals surface area contributed by atoms with E-state index in [1.807, 2.05) is 0 Å². The van der Waals surface area contributed by atoms with Gasteiger partial charge in [-0.1, -0.05) is 6.07 Å². The first-order valence-electron chi connectivity index (χ1n) is 6.19. The molecule has 2 heterocycles. The van der Waals surface area contributed by atoms with E-state index < -0.39 is 11.8 Å². The van der Waals surface area contributed by atoms with Crippen LogP contribution in [0.5, 0.6) is 0 Å². The Bertz CT molecular complexity index is 842. The third-order valence-electron chi connectivity index (χ3n) is 3.07. The predicted molar refractivity (Wildman–Crippen MR) is 75.4 cm³/mol. The summed E-state index contributed by atoms with van der Waals surface area (Å²) in [6.07, 6.45) is 2.97. The normalized spacial score (nSPS) is 10.8. The lowest BCUT2D eigenvalue weighted by Crippen LogP contribution is -2.01. The Morgan fingerprint density at radius 1 is 1.38 bits per heavy atom. The monoisotopic (exact) mass is 286 g/mol. The summed E-state index contributed by atoms with van der Waals surface area (Å²) in [5.74, 6) is -1.98. The van der Waals surface area contributed by atoms with Gasteiger partial charge in [0.05, 0.1) is 11.1 Å². The maximum absolute atomic E-state index is 13.9. The molecule has 2 N–H and O–H groups in total. The smallest absolute Gasteiger partial charge is 0.374 e. The zero-order valence-corrected chi connectivity index (χ0v) is 11.1. The van der Waals surface area contributed by atoms with Crippen LogP contribution in [0.1, 0.15) is 16.1 Å². The van der Waals surface area contributed by atoms with Crippen LogP contribution in [0.3, 0.4) is 0 Å². The number of carboxylic acid groups (broad SMARTS) is 1. The van der Waals surface area contributed by atoms with Crippen molar-refractivity contribution in [1.29, 1.82) is 0 Å². The van der Waals surface area contributed by atoms with Gasteiger partial charge in [0.15, 0.2) is 0 Å². The first kappa shape index (κ1) is 13.1. The molecular formula is C15H11FN2O3. The Hall–Kier alpha value is -2.89. The molecule has 0 fully saturated rings. The van der Waals surface area contributed by atoms with Gasteiger partial charge in [-0.3, -0.25) is 4.98 Å². The number of carbonyl (C=O) groups is 1. The molecule has 0 aliphatic rings. The van der Waals surface area contributed by atoms with E-state index in [2.05, 4.69) is 10.3 Å². The maximum Gasteiger partial charge on any atom is 0.374 e. The molecule has 21 heavy (non-hydrogen) atoms. The fourth-order valence-electron chi connectivity index (χ4n) is 2.07. The van der Waals surface area contributed by atoms with E-state index in [1.54, 1.807) is 25.1 Å². The van der Waals surface area contributed by atoms with Gasteiger partial charge in [-0.05, 0) is 30.7 Å². The number of pyridine rings is 1. The number of anilines is 2. The number of nitrogens with one attached hydrogen (secondary N) is 1. The summed E-state index contributed by atoms with van der Waals surface area (Å²) in [6, 6.07) is 6.19. The van der Waals surface area contributed by atoms with Gasteiger partial charge in [0, 0.05) is 12.4 Å². The summed E-state index contributed by atoms with van der Waals surface area (Å²) in [5, 5.41) is 12.5. The lowest BCUT2D eigenvalue weighted by Gasteiger charge is -2.07. The van der Waals surface area contributed by atoms with Crippen molar-refractivity contribution in [2.45, 2.75) is 6.92 Å². The molecule has 0 unspecified atom stereocenters. The molecule has 6 heteroatoms. The largest absolute Gasteiger partial charge is 0.475 e. The molecule has 3 aromatic rings. The topological polar surface area (TPSA) is 75.4 Å². The first-order chi connectivity index (χ1) is 10.1. The number of hydrogen-bond acceptors (Lipinski definition) is 4. The highest BCUT2D eigenvalue weighted by atomic mass is 19.1. The van der Waals surface area contributed by atoms with Crippen molar-refractivity contribution in [3.63, 3.8) is 0 Å². The van der Waals surface area contributed by atoms with Crippen LogP contribution in [0, 0.1) is 12.7 Å². The van der Waals surface area contributed by atoms with Gasteiger partial charge >= 0.3 is 5.97 Å². The molecule has 0 aliphatic heterocycles. The number of hydrogen-bond donors (Lipinski definition) is 2. The third kappa shape index (κ3) is 2.31. The molecule has 0 saturated carbocycles. The van der Waals surface area contributed by atoms with E-state index in [4.69, 9.17) is 4.42 Å². The van der Waals surface area contributed by atoms with Gasteiger partial charge in [0.2, 0.25) is 5.76 Å². The minimum absolute atomic E-state index is 0.176. The number of aromatic carboxylic acids is 1. The van der Waals surface area contributed by atoms with Crippen molar-refractivity contribution in [3.05, 3.63) is 53.8 Å². The molecule has 1 aromatic carbocycles. The van der Waals surface area contributed by atoms with Crippen molar-refractivity contribution in [3.8, 4) is 0 Å². The van der Waals surface area contributed by atoms with E-state index in [0.717, 1.165) is 5.56 Å². The fraction of sp³-hybridized carbons (Fsp3) is 0.0667. The molecule has 5 nitrogen and oxygen atoms in total. The quantitative estimate of drug-likeness (QED) is 0.767. The SMILES string of the molecule is Cc1ccc(Nc2c(C(=O)O)oc3ccncc23)c(F)c1. The van der Waals surface area contributed by atoms with Crippen LogP contribution in [0.2, 0.25) is 0 Å². The summed E-state index contributed by atoms with van der Waals surface area (Å²) >= 11 is 0. The Kier molecular flexibility index (Phi) is 3.06. The zero-order chi connectivity index (χ0) is 15.0. The highest BCUT2D eigenvalue weighted by Gasteiger charge is 2.21. The first-order valence-corrected chi connectivity index (χ1v) is 6.19. The number of fused-ring (bicyclic) bond motifs is 1. The van der Waals surface area contributed by atoms with Gasteiger partial charge in [0.25, 0.3) is 0 Å². The van der Waals surface area contributed by atoms with Crippen LogP contribution in [0.15, 0.2) is 41.1 Å². The number of furan rings is 1. The van der Waals surface area contributed by atoms with Gasteiger partial charge in [0.1, 0.15) is 17.1 Å². The molecule has 0 radical (unpaired) electrons. The zero-order valence-electron chi connectivity index (χ0n) is 11.1. The number of benzene rings is 1. The third-order valence-corrected chi connectivity index (χ3v) is 3.07. The van der Waals surface area contributed by atoms with E-state index in [1.165, 1.54) is 18.5 Å². The Morgan fingerprint density at radius 2 is 2.19 bits per heavy atom. The van der Waals surface area contributed by atoms with Crippen LogP contribution in [0.25, 0.3) is 11.0 Å². The Labute approximate surface area is 119 Å². The second kappa shape index (κ2) is 4.90. The number of rotatable bonds is 3. The van der Waals surface area contributed by atoms with E-state index in [-0.39, 0.29) is 17.1 Å². The van der Waals surface area contributed by atoms with Gasteiger partial charge in [-0.25, -0.2) is 9.18 Å². The van der Waals surface area contributed by atoms with Crippen LogP contribution in [0.4, 0.5) is 15.8 Å². The van der Waals surface area contributed by atoms with Gasteiger partial charge < -0.3 is 14.8 Å². The molecule has 3 rings (SSSR count). The van der Waals surface area contributed by atoms with E-state index >= 15 is 0 Å². The lowest BCUT2D eigenvalue weighted by molar-refractivity contribution is 0.0666.